The molecule has 0 aromatic carbocycles. The Morgan fingerprint density at radius 2 is 1.83 bits per heavy atom. The first-order valence-corrected chi connectivity index (χ1v) is 16.9. The van der Waals surface area contributed by atoms with E-state index < -0.39 is 64.1 Å². The van der Waals surface area contributed by atoms with E-state index in [-0.39, 0.29) is 29.6 Å². The summed E-state index contributed by atoms with van der Waals surface area (Å²) in [6, 6.07) is 0. The molecule has 0 bridgehead atoms. The highest BCUT2D eigenvalue weighted by Gasteiger charge is 2.71. The number of esters is 2. The fourth-order valence-electron chi connectivity index (χ4n) is 10.5. The minimum atomic E-state index is -0.861. The number of aliphatic hydroxyl groups is 2. The van der Waals surface area contributed by atoms with Crippen molar-refractivity contribution in [1.82, 2.24) is 0 Å². The highest BCUT2D eigenvalue weighted by Crippen LogP contribution is 2.72. The van der Waals surface area contributed by atoms with E-state index in [1.165, 1.54) is 6.08 Å². The molecule has 0 aromatic rings. The lowest BCUT2D eigenvalue weighted by molar-refractivity contribution is -0.220. The molecule has 3 aliphatic carbocycles. The summed E-state index contributed by atoms with van der Waals surface area (Å²) in [4.78, 5) is 26.3. The van der Waals surface area contributed by atoms with Crippen molar-refractivity contribution in [3.05, 3.63) is 35.5 Å². The monoisotopic (exact) mass is 644 g/mol. The molecule has 0 spiro atoms. The van der Waals surface area contributed by atoms with Crippen molar-refractivity contribution in [2.45, 2.75) is 130 Å². The van der Waals surface area contributed by atoms with Gasteiger partial charge in [-0.05, 0) is 84.0 Å². The topological polar surface area (TPSA) is 121 Å². The van der Waals surface area contributed by atoms with Crippen LogP contribution in [0.25, 0.3) is 0 Å². The van der Waals surface area contributed by atoms with Crippen LogP contribution in [0.5, 0.6) is 0 Å². The third kappa shape index (κ3) is 5.24. The number of ether oxygens (including phenoxy) is 5. The van der Waals surface area contributed by atoms with Crippen LogP contribution in [0.3, 0.4) is 0 Å². The van der Waals surface area contributed by atoms with Gasteiger partial charge >= 0.3 is 11.9 Å². The van der Waals surface area contributed by atoms with Crippen molar-refractivity contribution in [3.63, 3.8) is 0 Å². The van der Waals surface area contributed by atoms with Gasteiger partial charge in [0.1, 0.15) is 17.8 Å². The van der Waals surface area contributed by atoms with Gasteiger partial charge in [-0.25, -0.2) is 9.59 Å². The van der Waals surface area contributed by atoms with Crippen LogP contribution in [-0.2, 0) is 33.3 Å². The molecule has 258 valence electrons. The molecule has 2 aliphatic heterocycles. The molecule has 0 radical (unpaired) electrons. The van der Waals surface area contributed by atoms with E-state index in [0.717, 1.165) is 12.0 Å². The van der Waals surface area contributed by atoms with E-state index in [1.807, 2.05) is 40.7 Å². The molecule has 0 unspecified atom stereocenters. The third-order valence-electron chi connectivity index (χ3n) is 13.1. The van der Waals surface area contributed by atoms with Crippen molar-refractivity contribution in [1.29, 1.82) is 0 Å². The fourth-order valence-corrected chi connectivity index (χ4v) is 10.5. The van der Waals surface area contributed by atoms with Crippen molar-refractivity contribution in [3.8, 4) is 0 Å². The Bertz CT molecular complexity index is 1310. The van der Waals surface area contributed by atoms with E-state index >= 15 is 0 Å². The van der Waals surface area contributed by atoms with E-state index in [9.17, 15) is 19.8 Å². The molecule has 3 fully saturated rings. The number of aliphatic hydroxyl groups excluding tert-OH is 2. The van der Waals surface area contributed by atoms with Gasteiger partial charge in [-0.15, -0.1) is 0 Å². The van der Waals surface area contributed by atoms with Gasteiger partial charge in [0, 0.05) is 49.0 Å². The van der Waals surface area contributed by atoms with Gasteiger partial charge in [-0.3, -0.25) is 0 Å². The molecule has 12 atom stereocenters. The van der Waals surface area contributed by atoms with Gasteiger partial charge in [-0.1, -0.05) is 44.6 Å². The van der Waals surface area contributed by atoms with E-state index in [1.54, 1.807) is 27.2 Å². The second kappa shape index (κ2) is 11.8. The summed E-state index contributed by atoms with van der Waals surface area (Å²) >= 11 is 0. The van der Waals surface area contributed by atoms with Crippen molar-refractivity contribution in [2.24, 2.45) is 39.9 Å². The molecular weight excluding hydrogens is 588 g/mol. The number of hydrogen-bond acceptors (Lipinski definition) is 9. The van der Waals surface area contributed by atoms with Gasteiger partial charge in [0.2, 0.25) is 0 Å². The molecule has 1 saturated heterocycles. The number of fused-ring (bicyclic) bond motifs is 5. The van der Waals surface area contributed by atoms with Crippen molar-refractivity contribution in [2.75, 3.05) is 14.2 Å². The summed E-state index contributed by atoms with van der Waals surface area (Å²) in [7, 11) is 3.22. The van der Waals surface area contributed by atoms with Crippen molar-refractivity contribution < 1.29 is 43.5 Å². The molecule has 9 heteroatoms. The maximum Gasteiger partial charge on any atom is 0.333 e. The molecule has 2 heterocycles. The van der Waals surface area contributed by atoms with Gasteiger partial charge < -0.3 is 33.9 Å². The lowest BCUT2D eigenvalue weighted by Crippen LogP contribution is -2.67. The van der Waals surface area contributed by atoms with E-state index in [2.05, 4.69) is 26.8 Å². The predicted molar refractivity (Wildman–Crippen MR) is 172 cm³/mol. The van der Waals surface area contributed by atoms with Gasteiger partial charge in [0.25, 0.3) is 0 Å². The Morgan fingerprint density at radius 3 is 2.43 bits per heavy atom. The second-order valence-corrected chi connectivity index (χ2v) is 16.2. The summed E-state index contributed by atoms with van der Waals surface area (Å²) in [5.74, 6) is -1.35. The maximum atomic E-state index is 13.5. The number of rotatable bonds is 7. The zero-order chi connectivity index (χ0) is 34.2. The Balaban J connectivity index is 1.60. The van der Waals surface area contributed by atoms with Crippen LogP contribution in [0.15, 0.2) is 35.5 Å². The predicted octanol–water partition coefficient (Wildman–Crippen LogP) is 5.29. The molecule has 46 heavy (non-hydrogen) atoms. The van der Waals surface area contributed by atoms with Crippen LogP contribution in [-0.4, -0.2) is 78.3 Å². The average Bonchev–Trinajstić information content (AvgIpc) is 3.55. The zero-order valence-corrected chi connectivity index (χ0v) is 29.6. The lowest BCUT2D eigenvalue weighted by Gasteiger charge is -2.66. The zero-order valence-electron chi connectivity index (χ0n) is 29.6. The smallest absolute Gasteiger partial charge is 0.333 e. The Morgan fingerprint density at radius 1 is 1.15 bits per heavy atom. The molecule has 9 nitrogen and oxygen atoms in total. The van der Waals surface area contributed by atoms with Crippen LogP contribution in [0.2, 0.25) is 0 Å². The fraction of sp³-hybridized carbons (Fsp3) is 0.784. The Kier molecular flexibility index (Phi) is 9.07. The first-order chi connectivity index (χ1) is 21.3. The normalized spacial score (nSPS) is 44.3. The SMILES string of the molecule is C/C=C(\C)C(=O)O[C@@H]1C[C@]2(C)C(=CC[C@H]2[C@@H]2C[C@H]([C@H](O)C(C)(C)OC)O[C@H]2OC)[C@]2(C)[C@H](O)C[C@H]3C(C)(C)OC(=O)C=C[C@]3(C)[C@@H]12. The minimum Gasteiger partial charge on any atom is -0.459 e. The van der Waals surface area contributed by atoms with Crippen LogP contribution in [0.4, 0.5) is 0 Å². The van der Waals surface area contributed by atoms with E-state index in [4.69, 9.17) is 23.7 Å². The van der Waals surface area contributed by atoms with Crippen LogP contribution in [0.1, 0.15) is 88.0 Å². The van der Waals surface area contributed by atoms with E-state index in [0.29, 0.717) is 24.8 Å². The first kappa shape index (κ1) is 35.3. The third-order valence-corrected chi connectivity index (χ3v) is 13.1. The Labute approximate surface area is 274 Å². The summed E-state index contributed by atoms with van der Waals surface area (Å²) in [5.41, 5.74) is -1.85. The first-order valence-electron chi connectivity index (χ1n) is 16.9. The molecule has 0 amide bonds. The van der Waals surface area contributed by atoms with Crippen LogP contribution in [0, 0.1) is 39.9 Å². The number of hydrogen-bond donors (Lipinski definition) is 2. The molecule has 2 N–H and O–H groups in total. The second-order valence-electron chi connectivity index (χ2n) is 16.2. The maximum absolute atomic E-state index is 13.5. The molecule has 2 saturated carbocycles. The van der Waals surface area contributed by atoms with Crippen LogP contribution >= 0.6 is 0 Å². The highest BCUT2D eigenvalue weighted by atomic mass is 16.7. The standard InChI is InChI=1S/C37H56O9/c1-12-20(2)31(41)44-24-19-36(8)22(21-17-23(45-32(21)42-10)30(40)34(5,6)43-11)13-14-25(36)37(9)27(38)18-26-33(3,4)46-28(39)15-16-35(26,7)29(24)37/h12,14-16,21-24,26-27,29-30,32,38,40H,13,17-19H2,1-11H3/b20-12+/t21-,22-,23+,24+,26-,27+,29+,30-,32+,35-,36-,37+/m0/s1. The number of carbonyl (C=O) groups excluding carboxylic acids is 2. The summed E-state index contributed by atoms with van der Waals surface area (Å²) in [6.07, 6.45) is 6.58. The number of allylic oxidation sites excluding steroid dienone is 3. The van der Waals surface area contributed by atoms with Gasteiger partial charge in [0.05, 0.1) is 17.8 Å². The Hall–Kier alpha value is -2.04. The summed E-state index contributed by atoms with van der Waals surface area (Å²) in [6.45, 7) is 17.6. The highest BCUT2D eigenvalue weighted by molar-refractivity contribution is 5.87. The number of methoxy groups -OCH3 is 2. The van der Waals surface area contributed by atoms with Crippen molar-refractivity contribution >= 4 is 11.9 Å². The van der Waals surface area contributed by atoms with Gasteiger partial charge in [0.15, 0.2) is 6.29 Å². The minimum absolute atomic E-state index is 0.0425. The van der Waals surface area contributed by atoms with Crippen LogP contribution < -0.4 is 0 Å². The quantitative estimate of drug-likeness (QED) is 0.217. The molecule has 5 rings (SSSR count). The number of cyclic esters (lactones) is 1. The molecule has 0 aromatic heterocycles. The largest absolute Gasteiger partial charge is 0.459 e. The lowest BCUT2D eigenvalue weighted by atomic mass is 9.39. The average molecular weight is 645 g/mol. The molecular formula is C37H56O9. The summed E-state index contributed by atoms with van der Waals surface area (Å²) in [5, 5.41) is 23.6. The van der Waals surface area contributed by atoms with Gasteiger partial charge in [-0.2, -0.15) is 0 Å². The summed E-state index contributed by atoms with van der Waals surface area (Å²) < 4.78 is 30.3. The molecule has 5 aliphatic rings. The number of carbonyl (C=O) groups is 2.